The molecule has 6 rings (SSSR count). The Morgan fingerprint density at radius 2 is 1.31 bits per heavy atom. The lowest BCUT2D eigenvalue weighted by Crippen LogP contribution is -1.92. The Labute approximate surface area is 186 Å². The molecule has 0 aliphatic rings. The minimum absolute atomic E-state index is 1.01. The minimum Gasteiger partial charge on any atom is -0.355 e. The van der Waals surface area contributed by atoms with E-state index < -0.39 is 0 Å². The Kier molecular flexibility index (Phi) is 4.12. The normalized spacial score (nSPS) is 11.4. The summed E-state index contributed by atoms with van der Waals surface area (Å²) in [4.78, 5) is 3.43. The van der Waals surface area contributed by atoms with Crippen LogP contribution in [0.2, 0.25) is 0 Å². The molecule has 0 aliphatic heterocycles. The summed E-state index contributed by atoms with van der Waals surface area (Å²) in [6.45, 7) is 7.92. The zero-order valence-electron chi connectivity index (χ0n) is 17.7. The van der Waals surface area contributed by atoms with Gasteiger partial charge in [-0.2, -0.15) is 0 Å². The van der Waals surface area contributed by atoms with Gasteiger partial charge in [0, 0.05) is 38.6 Å². The van der Waals surface area contributed by atoms with Gasteiger partial charge in [-0.1, -0.05) is 67.8 Å². The Balaban J connectivity index is 1.60. The van der Waals surface area contributed by atoms with E-state index in [1.807, 2.05) is 12.2 Å². The fourth-order valence-electron chi connectivity index (χ4n) is 4.80. The molecule has 152 valence electrons. The Bertz CT molecular complexity index is 1650. The summed E-state index contributed by atoms with van der Waals surface area (Å²) in [6.07, 6.45) is 3.75. The summed E-state index contributed by atoms with van der Waals surface area (Å²) >= 11 is 0. The van der Waals surface area contributed by atoms with Gasteiger partial charge in [0.25, 0.3) is 0 Å². The first kappa shape index (κ1) is 18.5. The van der Waals surface area contributed by atoms with Crippen LogP contribution >= 0.6 is 0 Å². The summed E-state index contributed by atoms with van der Waals surface area (Å²) in [5, 5.41) is 3.68. The highest BCUT2D eigenvalue weighted by molar-refractivity contribution is 6.10. The maximum Gasteiger partial charge on any atom is 0.0541 e. The van der Waals surface area contributed by atoms with Crippen molar-refractivity contribution in [1.82, 2.24) is 9.55 Å². The van der Waals surface area contributed by atoms with Crippen LogP contribution in [-0.2, 0) is 0 Å². The summed E-state index contributed by atoms with van der Waals surface area (Å²) in [6, 6.07) is 32.5. The third kappa shape index (κ3) is 2.67. The van der Waals surface area contributed by atoms with Crippen LogP contribution in [0.25, 0.3) is 61.7 Å². The first-order valence-corrected chi connectivity index (χ1v) is 10.8. The van der Waals surface area contributed by atoms with Crippen molar-refractivity contribution < 1.29 is 0 Å². The van der Waals surface area contributed by atoms with Crippen molar-refractivity contribution in [3.05, 3.63) is 115 Å². The third-order valence-electron chi connectivity index (χ3n) is 6.30. The molecular weight excluding hydrogens is 388 g/mol. The highest BCUT2D eigenvalue weighted by Gasteiger charge is 2.14. The number of hydrogen-bond donors (Lipinski definition) is 1. The van der Waals surface area contributed by atoms with E-state index in [-0.39, 0.29) is 0 Å². The van der Waals surface area contributed by atoms with E-state index in [1.165, 1.54) is 44.0 Å². The zero-order valence-corrected chi connectivity index (χ0v) is 17.7. The smallest absolute Gasteiger partial charge is 0.0541 e. The van der Waals surface area contributed by atoms with Gasteiger partial charge in [0.05, 0.1) is 11.0 Å². The molecule has 0 radical (unpaired) electrons. The molecule has 2 heterocycles. The summed E-state index contributed by atoms with van der Waals surface area (Å²) in [5.41, 5.74) is 9.20. The van der Waals surface area contributed by atoms with E-state index >= 15 is 0 Å². The molecule has 32 heavy (non-hydrogen) atoms. The van der Waals surface area contributed by atoms with Gasteiger partial charge in [-0.25, -0.2) is 0 Å². The van der Waals surface area contributed by atoms with Crippen LogP contribution in [0.5, 0.6) is 0 Å². The predicted octanol–water partition coefficient (Wildman–Crippen LogP) is 8.22. The monoisotopic (exact) mass is 410 g/mol. The molecule has 0 amide bonds. The second-order valence-electron chi connectivity index (χ2n) is 8.04. The number of nitrogens with one attached hydrogen (secondary N) is 1. The maximum atomic E-state index is 4.00. The Morgan fingerprint density at radius 1 is 0.625 bits per heavy atom. The number of H-pyrrole nitrogens is 1. The topological polar surface area (TPSA) is 20.7 Å². The molecule has 6 aromatic rings. The van der Waals surface area contributed by atoms with Gasteiger partial charge in [0.15, 0.2) is 0 Å². The number of nitrogens with zero attached hydrogens (tertiary/aromatic N) is 1. The Morgan fingerprint density at radius 3 is 2.09 bits per heavy atom. The number of rotatable bonds is 4. The van der Waals surface area contributed by atoms with Crippen molar-refractivity contribution in [1.29, 1.82) is 0 Å². The molecule has 0 bridgehead atoms. The van der Waals surface area contributed by atoms with E-state index in [2.05, 4.69) is 114 Å². The van der Waals surface area contributed by atoms with Gasteiger partial charge in [-0.15, -0.1) is 0 Å². The van der Waals surface area contributed by atoms with E-state index in [0.29, 0.717) is 0 Å². The van der Waals surface area contributed by atoms with Gasteiger partial charge >= 0.3 is 0 Å². The number of benzene rings is 4. The molecule has 1 N–H and O–H groups in total. The molecule has 0 fully saturated rings. The summed E-state index contributed by atoms with van der Waals surface area (Å²) in [7, 11) is 0. The van der Waals surface area contributed by atoms with Crippen LogP contribution in [-0.4, -0.2) is 9.55 Å². The van der Waals surface area contributed by atoms with Crippen LogP contribution in [0.1, 0.15) is 11.3 Å². The SMILES string of the molecule is C=Cc1[nH]c2ccc(-c3ccc4c(c3)c3ccccc3n4-c3ccccc3)cc2c1C=C. The molecule has 0 saturated heterocycles. The first-order valence-electron chi connectivity index (χ1n) is 10.8. The minimum atomic E-state index is 1.01. The number of aromatic amines is 1. The van der Waals surface area contributed by atoms with Gasteiger partial charge in [0.1, 0.15) is 0 Å². The van der Waals surface area contributed by atoms with Crippen LogP contribution < -0.4 is 0 Å². The Hall–Kier alpha value is -4.30. The maximum absolute atomic E-state index is 4.00. The number of para-hydroxylation sites is 2. The zero-order chi connectivity index (χ0) is 21.7. The quantitative estimate of drug-likeness (QED) is 0.302. The average molecular weight is 411 g/mol. The molecule has 0 unspecified atom stereocenters. The second kappa shape index (κ2) is 7.14. The van der Waals surface area contributed by atoms with Crippen molar-refractivity contribution >= 4 is 44.9 Å². The lowest BCUT2D eigenvalue weighted by molar-refractivity contribution is 1.18. The van der Waals surface area contributed by atoms with Crippen LogP contribution in [0.3, 0.4) is 0 Å². The number of aromatic nitrogens is 2. The third-order valence-corrected chi connectivity index (χ3v) is 6.30. The molecule has 2 aromatic heterocycles. The number of fused-ring (bicyclic) bond motifs is 4. The van der Waals surface area contributed by atoms with E-state index in [1.54, 1.807) is 0 Å². The van der Waals surface area contributed by atoms with E-state index in [9.17, 15) is 0 Å². The number of hydrogen-bond acceptors (Lipinski definition) is 0. The molecule has 0 aliphatic carbocycles. The first-order chi connectivity index (χ1) is 15.8. The van der Waals surface area contributed by atoms with Crippen molar-refractivity contribution in [2.75, 3.05) is 0 Å². The highest BCUT2D eigenvalue weighted by Crippen LogP contribution is 2.36. The average Bonchev–Trinajstić information content (AvgIpc) is 3.38. The fraction of sp³-hybridized carbons (Fsp3) is 0. The molecule has 4 aromatic carbocycles. The summed E-state index contributed by atoms with van der Waals surface area (Å²) < 4.78 is 2.34. The van der Waals surface area contributed by atoms with Crippen LogP contribution in [0, 0.1) is 0 Å². The van der Waals surface area contributed by atoms with Gasteiger partial charge in [-0.05, 0) is 59.7 Å². The lowest BCUT2D eigenvalue weighted by atomic mass is 10.00. The predicted molar refractivity (Wildman–Crippen MR) is 138 cm³/mol. The van der Waals surface area contributed by atoms with E-state index in [0.717, 1.165) is 16.8 Å². The standard InChI is InChI=1S/C30H22N2/c1-3-23-25-18-20(14-16-28(25)31-27(23)4-2)21-15-17-30-26(19-21)24-12-8-9-13-29(24)32(30)22-10-6-5-7-11-22/h3-19,31H,1-2H2. The molecule has 0 spiro atoms. The van der Waals surface area contributed by atoms with Gasteiger partial charge in [0.2, 0.25) is 0 Å². The molecule has 0 saturated carbocycles. The molecular formula is C30H22N2. The van der Waals surface area contributed by atoms with Crippen molar-refractivity contribution in [2.45, 2.75) is 0 Å². The largest absolute Gasteiger partial charge is 0.355 e. The van der Waals surface area contributed by atoms with Gasteiger partial charge in [-0.3, -0.25) is 0 Å². The van der Waals surface area contributed by atoms with Crippen molar-refractivity contribution in [3.8, 4) is 16.8 Å². The lowest BCUT2D eigenvalue weighted by Gasteiger charge is -2.08. The molecule has 2 heteroatoms. The van der Waals surface area contributed by atoms with Crippen molar-refractivity contribution in [3.63, 3.8) is 0 Å². The van der Waals surface area contributed by atoms with Gasteiger partial charge < -0.3 is 9.55 Å². The fourth-order valence-corrected chi connectivity index (χ4v) is 4.80. The molecule has 0 atom stereocenters. The summed E-state index contributed by atoms with van der Waals surface area (Å²) in [5.74, 6) is 0. The van der Waals surface area contributed by atoms with Crippen LogP contribution in [0.4, 0.5) is 0 Å². The second-order valence-corrected chi connectivity index (χ2v) is 8.04. The van der Waals surface area contributed by atoms with Crippen molar-refractivity contribution in [2.24, 2.45) is 0 Å². The molecule has 2 nitrogen and oxygen atoms in total. The highest BCUT2D eigenvalue weighted by atomic mass is 15.0. The van der Waals surface area contributed by atoms with E-state index in [4.69, 9.17) is 0 Å². The van der Waals surface area contributed by atoms with Crippen LogP contribution in [0.15, 0.2) is 104 Å².